The number of aromatic nitrogens is 1. The number of carbonyl (C=O) groups excluding carboxylic acids is 1. The van der Waals surface area contributed by atoms with Crippen molar-refractivity contribution in [2.75, 3.05) is 26.8 Å². The van der Waals surface area contributed by atoms with Crippen LogP contribution in [0.15, 0.2) is 10.6 Å². The first kappa shape index (κ1) is 13.2. The number of nitrogens with zero attached hydrogens (tertiary/aromatic N) is 2. The van der Waals surface area contributed by atoms with E-state index in [4.69, 9.17) is 9.84 Å². The van der Waals surface area contributed by atoms with E-state index in [2.05, 4.69) is 9.68 Å². The van der Waals surface area contributed by atoms with E-state index in [9.17, 15) is 9.59 Å². The topological polar surface area (TPSA) is 92.9 Å². The summed E-state index contributed by atoms with van der Waals surface area (Å²) >= 11 is 0. The summed E-state index contributed by atoms with van der Waals surface area (Å²) in [5.41, 5.74) is -0.0136. The molecule has 17 heavy (non-hydrogen) atoms. The van der Waals surface area contributed by atoms with Crippen LogP contribution in [0.4, 0.5) is 0 Å². The fraction of sp³-hybridized carbons (Fsp3) is 0.500. The standard InChI is InChI=1S/C10H14N2O5/c1-3-12(4-5-16-2)9(13)7-6-8(10(14)15)17-11-7/h6H,3-5H2,1-2H3,(H,14,15). The molecule has 0 aliphatic carbocycles. The lowest BCUT2D eigenvalue weighted by molar-refractivity contribution is 0.0646. The summed E-state index contributed by atoms with van der Waals surface area (Å²) in [7, 11) is 1.54. The van der Waals surface area contributed by atoms with Crippen LogP contribution in [-0.2, 0) is 4.74 Å². The van der Waals surface area contributed by atoms with Crippen LogP contribution >= 0.6 is 0 Å². The molecule has 0 aromatic carbocycles. The van der Waals surface area contributed by atoms with Crippen molar-refractivity contribution in [2.24, 2.45) is 0 Å². The van der Waals surface area contributed by atoms with Gasteiger partial charge in [0.25, 0.3) is 5.91 Å². The number of methoxy groups -OCH3 is 1. The molecule has 1 aromatic rings. The minimum absolute atomic E-state index is 0.0136. The second-order valence-corrected chi connectivity index (χ2v) is 3.26. The Labute approximate surface area is 97.9 Å². The average molecular weight is 242 g/mol. The zero-order valence-corrected chi connectivity index (χ0v) is 9.67. The van der Waals surface area contributed by atoms with Crippen molar-refractivity contribution in [3.05, 3.63) is 17.5 Å². The minimum Gasteiger partial charge on any atom is -0.475 e. The van der Waals surface area contributed by atoms with Crippen molar-refractivity contribution in [3.8, 4) is 0 Å². The molecule has 0 aliphatic heterocycles. The molecule has 1 amide bonds. The summed E-state index contributed by atoms with van der Waals surface area (Å²) in [5.74, 6) is -1.98. The van der Waals surface area contributed by atoms with Gasteiger partial charge in [-0.1, -0.05) is 5.16 Å². The summed E-state index contributed by atoms with van der Waals surface area (Å²) in [6.45, 7) is 3.12. The number of carboxylic acid groups (broad SMARTS) is 1. The van der Waals surface area contributed by atoms with E-state index >= 15 is 0 Å². The number of rotatable bonds is 6. The molecular weight excluding hydrogens is 228 g/mol. The predicted octanol–water partition coefficient (Wildman–Crippen LogP) is 0.481. The van der Waals surface area contributed by atoms with Gasteiger partial charge in [-0.2, -0.15) is 0 Å². The van der Waals surface area contributed by atoms with Crippen molar-refractivity contribution in [2.45, 2.75) is 6.92 Å². The second kappa shape index (κ2) is 6.00. The number of amides is 1. The van der Waals surface area contributed by atoms with E-state index in [1.165, 1.54) is 12.0 Å². The van der Waals surface area contributed by atoms with Crippen molar-refractivity contribution < 1.29 is 24.0 Å². The van der Waals surface area contributed by atoms with Gasteiger partial charge in [0.2, 0.25) is 5.76 Å². The lowest BCUT2D eigenvalue weighted by atomic mass is 10.3. The van der Waals surface area contributed by atoms with Crippen molar-refractivity contribution in [3.63, 3.8) is 0 Å². The third-order valence-electron chi connectivity index (χ3n) is 2.17. The van der Waals surface area contributed by atoms with Crippen LogP contribution in [0, 0.1) is 0 Å². The van der Waals surface area contributed by atoms with Gasteiger partial charge in [-0.3, -0.25) is 4.79 Å². The van der Waals surface area contributed by atoms with E-state index < -0.39 is 5.97 Å². The molecule has 1 rings (SSSR count). The zero-order valence-electron chi connectivity index (χ0n) is 9.67. The first-order valence-corrected chi connectivity index (χ1v) is 5.08. The summed E-state index contributed by atoms with van der Waals surface area (Å²) in [5, 5.41) is 12.1. The average Bonchev–Trinajstić information content (AvgIpc) is 2.79. The highest BCUT2D eigenvalue weighted by Crippen LogP contribution is 2.07. The minimum atomic E-state index is -1.25. The molecule has 0 radical (unpaired) electrons. The molecule has 0 saturated heterocycles. The number of carboxylic acids is 1. The van der Waals surface area contributed by atoms with Crippen LogP contribution in [0.5, 0.6) is 0 Å². The first-order valence-electron chi connectivity index (χ1n) is 5.08. The van der Waals surface area contributed by atoms with Crippen molar-refractivity contribution in [1.29, 1.82) is 0 Å². The molecule has 0 bridgehead atoms. The largest absolute Gasteiger partial charge is 0.475 e. The number of ether oxygens (including phenoxy) is 1. The van der Waals surface area contributed by atoms with Gasteiger partial charge < -0.3 is 19.3 Å². The summed E-state index contributed by atoms with van der Waals surface area (Å²) in [6, 6.07) is 1.11. The highest BCUT2D eigenvalue weighted by Gasteiger charge is 2.20. The Bertz CT molecular complexity index is 401. The molecule has 1 N–H and O–H groups in total. The maximum absolute atomic E-state index is 11.9. The predicted molar refractivity (Wildman–Crippen MR) is 56.9 cm³/mol. The number of hydrogen-bond acceptors (Lipinski definition) is 5. The van der Waals surface area contributed by atoms with Crippen LogP contribution in [0.2, 0.25) is 0 Å². The maximum atomic E-state index is 11.9. The lowest BCUT2D eigenvalue weighted by Crippen LogP contribution is -2.33. The molecule has 0 atom stereocenters. The molecule has 1 aromatic heterocycles. The maximum Gasteiger partial charge on any atom is 0.374 e. The van der Waals surface area contributed by atoms with Gasteiger partial charge in [-0.25, -0.2) is 4.79 Å². The van der Waals surface area contributed by atoms with Crippen LogP contribution in [-0.4, -0.2) is 53.8 Å². The van der Waals surface area contributed by atoms with E-state index in [-0.39, 0.29) is 17.4 Å². The van der Waals surface area contributed by atoms with E-state index in [1.807, 2.05) is 6.92 Å². The molecule has 0 aliphatic rings. The monoisotopic (exact) mass is 242 g/mol. The summed E-state index contributed by atoms with van der Waals surface area (Å²) in [4.78, 5) is 23.9. The van der Waals surface area contributed by atoms with Crippen molar-refractivity contribution in [1.82, 2.24) is 10.1 Å². The Balaban J connectivity index is 2.75. The van der Waals surface area contributed by atoms with E-state index in [0.717, 1.165) is 6.07 Å². The van der Waals surface area contributed by atoms with Crippen LogP contribution in [0.3, 0.4) is 0 Å². The first-order chi connectivity index (χ1) is 8.10. The Hall–Kier alpha value is -1.89. The van der Waals surface area contributed by atoms with Gasteiger partial charge in [0, 0.05) is 26.3 Å². The molecule has 7 nitrogen and oxygen atoms in total. The van der Waals surface area contributed by atoms with Crippen LogP contribution < -0.4 is 0 Å². The highest BCUT2D eigenvalue weighted by molar-refractivity contribution is 5.94. The van der Waals surface area contributed by atoms with E-state index in [1.54, 1.807) is 0 Å². The Kier molecular flexibility index (Phi) is 4.65. The fourth-order valence-corrected chi connectivity index (χ4v) is 1.24. The Morgan fingerprint density at radius 2 is 2.29 bits per heavy atom. The molecule has 1 heterocycles. The van der Waals surface area contributed by atoms with Crippen LogP contribution in [0.25, 0.3) is 0 Å². The molecule has 0 spiro atoms. The quantitative estimate of drug-likeness (QED) is 0.779. The van der Waals surface area contributed by atoms with Crippen molar-refractivity contribution >= 4 is 11.9 Å². The fourth-order valence-electron chi connectivity index (χ4n) is 1.24. The van der Waals surface area contributed by atoms with Crippen LogP contribution in [0.1, 0.15) is 28.0 Å². The molecule has 0 fully saturated rings. The number of hydrogen-bond donors (Lipinski definition) is 1. The molecule has 0 unspecified atom stereocenters. The molecule has 7 heteroatoms. The number of likely N-dealkylation sites (N-methyl/N-ethyl adjacent to an activating group) is 1. The molecule has 0 saturated carbocycles. The van der Waals surface area contributed by atoms with Gasteiger partial charge in [-0.05, 0) is 6.92 Å². The second-order valence-electron chi connectivity index (χ2n) is 3.26. The Morgan fingerprint density at radius 3 is 2.76 bits per heavy atom. The summed E-state index contributed by atoms with van der Waals surface area (Å²) < 4.78 is 9.39. The molecular formula is C10H14N2O5. The van der Waals surface area contributed by atoms with Gasteiger partial charge >= 0.3 is 5.97 Å². The number of carbonyl (C=O) groups is 2. The highest BCUT2D eigenvalue weighted by atomic mass is 16.5. The summed E-state index contributed by atoms with van der Waals surface area (Å²) in [6.07, 6.45) is 0. The SMILES string of the molecule is CCN(CCOC)C(=O)c1cc(C(=O)O)on1. The van der Waals surface area contributed by atoms with Gasteiger partial charge in [-0.15, -0.1) is 0 Å². The third kappa shape index (κ3) is 3.28. The smallest absolute Gasteiger partial charge is 0.374 e. The number of aromatic carboxylic acids is 1. The zero-order chi connectivity index (χ0) is 12.8. The van der Waals surface area contributed by atoms with Gasteiger partial charge in [0.1, 0.15) is 0 Å². The van der Waals surface area contributed by atoms with Gasteiger partial charge in [0.15, 0.2) is 5.69 Å². The Morgan fingerprint density at radius 1 is 1.59 bits per heavy atom. The third-order valence-corrected chi connectivity index (χ3v) is 2.17. The normalized spacial score (nSPS) is 10.2. The van der Waals surface area contributed by atoms with E-state index in [0.29, 0.717) is 19.7 Å². The van der Waals surface area contributed by atoms with Gasteiger partial charge in [0.05, 0.1) is 6.61 Å². The molecule has 94 valence electrons. The lowest BCUT2D eigenvalue weighted by Gasteiger charge is -2.18.